The first-order chi connectivity index (χ1) is 8.69. The summed E-state index contributed by atoms with van der Waals surface area (Å²) in [6, 6.07) is 0. The summed E-state index contributed by atoms with van der Waals surface area (Å²) in [5, 5.41) is 3.36. The van der Waals surface area contributed by atoms with Crippen LogP contribution in [0.1, 0.15) is 84.5 Å². The van der Waals surface area contributed by atoms with Gasteiger partial charge in [-0.1, -0.05) is 51.9 Å². The fourth-order valence-corrected chi connectivity index (χ4v) is 2.83. The third kappa shape index (κ3) is 5.51. The van der Waals surface area contributed by atoms with Crippen molar-refractivity contribution in [2.24, 2.45) is 0 Å². The molecule has 1 rings (SSSR count). The van der Waals surface area contributed by atoms with E-state index in [0.717, 1.165) is 32.2 Å². The minimum absolute atomic E-state index is 0.193. The van der Waals surface area contributed by atoms with Crippen LogP contribution in [0, 0.1) is 0 Å². The van der Waals surface area contributed by atoms with E-state index in [1.165, 1.54) is 44.9 Å². The molecule has 0 radical (unpaired) electrons. The van der Waals surface area contributed by atoms with Crippen molar-refractivity contribution in [1.29, 1.82) is 0 Å². The van der Waals surface area contributed by atoms with Gasteiger partial charge in [0.1, 0.15) is 0 Å². The van der Waals surface area contributed by atoms with Crippen molar-refractivity contribution in [1.82, 2.24) is 5.32 Å². The molecule has 0 aromatic carbocycles. The quantitative estimate of drug-likeness (QED) is 0.590. The second kappa shape index (κ2) is 8.68. The predicted molar refractivity (Wildman–Crippen MR) is 77.9 cm³/mol. The first-order valence-electron chi connectivity index (χ1n) is 7.97. The van der Waals surface area contributed by atoms with Crippen molar-refractivity contribution in [3.63, 3.8) is 0 Å². The lowest BCUT2D eigenvalue weighted by atomic mass is 9.91. The maximum absolute atomic E-state index is 12.1. The first kappa shape index (κ1) is 15.7. The molecule has 0 aliphatic carbocycles. The zero-order chi connectivity index (χ0) is 13.3. The van der Waals surface area contributed by atoms with Crippen molar-refractivity contribution in [2.45, 2.75) is 90.0 Å². The minimum atomic E-state index is -0.193. The van der Waals surface area contributed by atoms with Gasteiger partial charge in [0.15, 0.2) is 5.78 Å². The van der Waals surface area contributed by atoms with Gasteiger partial charge in [-0.15, -0.1) is 0 Å². The summed E-state index contributed by atoms with van der Waals surface area (Å²) in [4.78, 5) is 12.1. The highest BCUT2D eigenvalue weighted by Gasteiger charge is 2.34. The Morgan fingerprint density at radius 2 is 1.67 bits per heavy atom. The third-order valence-electron chi connectivity index (χ3n) is 4.24. The van der Waals surface area contributed by atoms with Crippen LogP contribution < -0.4 is 5.32 Å². The van der Waals surface area contributed by atoms with Crippen LogP contribution in [0.4, 0.5) is 0 Å². The van der Waals surface area contributed by atoms with Crippen LogP contribution in [0.25, 0.3) is 0 Å². The summed E-state index contributed by atoms with van der Waals surface area (Å²) in [6.07, 6.45) is 13.4. The minimum Gasteiger partial charge on any atom is -0.305 e. The molecular weight excluding hydrogens is 222 g/mol. The van der Waals surface area contributed by atoms with E-state index in [0.29, 0.717) is 5.78 Å². The molecule has 2 heteroatoms. The summed E-state index contributed by atoms with van der Waals surface area (Å²) in [7, 11) is 0. The lowest BCUT2D eigenvalue weighted by Gasteiger charge is -2.22. The number of carbonyl (C=O) groups is 1. The number of unbranched alkanes of at least 4 members (excludes halogenated alkanes) is 7. The smallest absolute Gasteiger partial charge is 0.152 e. The van der Waals surface area contributed by atoms with Crippen molar-refractivity contribution < 1.29 is 4.79 Å². The SMILES string of the molecule is CCCCCCCCCCC(=O)C1(C)CCCN1. The Kier molecular flexibility index (Phi) is 7.57. The maximum atomic E-state index is 12.1. The summed E-state index contributed by atoms with van der Waals surface area (Å²) < 4.78 is 0. The van der Waals surface area contributed by atoms with Crippen molar-refractivity contribution in [3.8, 4) is 0 Å². The molecule has 0 amide bonds. The van der Waals surface area contributed by atoms with Gasteiger partial charge in [0.05, 0.1) is 5.54 Å². The average molecular weight is 253 g/mol. The zero-order valence-electron chi connectivity index (χ0n) is 12.4. The van der Waals surface area contributed by atoms with Gasteiger partial charge < -0.3 is 5.32 Å². The zero-order valence-corrected chi connectivity index (χ0v) is 12.4. The summed E-state index contributed by atoms with van der Waals surface area (Å²) in [5.41, 5.74) is -0.193. The van der Waals surface area contributed by atoms with Crippen LogP contribution in [0.3, 0.4) is 0 Å². The van der Waals surface area contributed by atoms with E-state index in [1.807, 2.05) is 0 Å². The molecule has 1 unspecified atom stereocenters. The molecular formula is C16H31NO. The van der Waals surface area contributed by atoms with Gasteiger partial charge in [0.2, 0.25) is 0 Å². The van der Waals surface area contributed by atoms with Gasteiger partial charge in [-0.3, -0.25) is 4.79 Å². The van der Waals surface area contributed by atoms with Gasteiger partial charge in [-0.2, -0.15) is 0 Å². The largest absolute Gasteiger partial charge is 0.305 e. The Hall–Kier alpha value is -0.370. The monoisotopic (exact) mass is 253 g/mol. The summed E-state index contributed by atoms with van der Waals surface area (Å²) >= 11 is 0. The Labute approximate surface area is 113 Å². The second-order valence-corrected chi connectivity index (χ2v) is 6.01. The Morgan fingerprint density at radius 3 is 2.22 bits per heavy atom. The van der Waals surface area contributed by atoms with Crippen molar-refractivity contribution in [2.75, 3.05) is 6.54 Å². The van der Waals surface area contributed by atoms with Gasteiger partial charge in [0, 0.05) is 6.42 Å². The van der Waals surface area contributed by atoms with Gasteiger partial charge in [-0.05, 0) is 32.7 Å². The number of rotatable bonds is 10. The van der Waals surface area contributed by atoms with Crippen LogP contribution in [0.15, 0.2) is 0 Å². The first-order valence-corrected chi connectivity index (χ1v) is 7.97. The fourth-order valence-electron chi connectivity index (χ4n) is 2.83. The Bertz CT molecular complexity index is 231. The second-order valence-electron chi connectivity index (χ2n) is 6.01. The van der Waals surface area contributed by atoms with Gasteiger partial charge in [-0.25, -0.2) is 0 Å². The molecule has 0 bridgehead atoms. The molecule has 1 aliphatic rings. The number of Topliss-reactive ketones (excluding diaryl/α,β-unsaturated/α-hetero) is 1. The van der Waals surface area contributed by atoms with Crippen LogP contribution in [0.5, 0.6) is 0 Å². The molecule has 2 nitrogen and oxygen atoms in total. The molecule has 18 heavy (non-hydrogen) atoms. The summed E-state index contributed by atoms with van der Waals surface area (Å²) in [5.74, 6) is 0.436. The normalized spacial score (nSPS) is 23.4. The molecule has 0 spiro atoms. The number of hydrogen-bond donors (Lipinski definition) is 1. The number of ketones is 1. The number of nitrogens with one attached hydrogen (secondary N) is 1. The number of hydrogen-bond acceptors (Lipinski definition) is 2. The number of carbonyl (C=O) groups excluding carboxylic acids is 1. The molecule has 106 valence electrons. The summed E-state index contributed by atoms with van der Waals surface area (Å²) in [6.45, 7) is 5.34. The third-order valence-corrected chi connectivity index (χ3v) is 4.24. The van der Waals surface area contributed by atoms with E-state index < -0.39 is 0 Å². The molecule has 1 heterocycles. The molecule has 1 aliphatic heterocycles. The van der Waals surface area contributed by atoms with Crippen LogP contribution in [0.2, 0.25) is 0 Å². The van der Waals surface area contributed by atoms with Crippen LogP contribution in [-0.4, -0.2) is 17.9 Å². The average Bonchev–Trinajstić information content (AvgIpc) is 2.81. The Balaban J connectivity index is 1.96. The van der Waals surface area contributed by atoms with Gasteiger partial charge in [0.25, 0.3) is 0 Å². The van der Waals surface area contributed by atoms with Crippen LogP contribution >= 0.6 is 0 Å². The lowest BCUT2D eigenvalue weighted by molar-refractivity contribution is -0.124. The van der Waals surface area contributed by atoms with Crippen molar-refractivity contribution in [3.05, 3.63) is 0 Å². The molecule has 1 atom stereocenters. The highest BCUT2D eigenvalue weighted by molar-refractivity contribution is 5.88. The molecule has 0 aromatic heterocycles. The Morgan fingerprint density at radius 1 is 1.06 bits per heavy atom. The van der Waals surface area contributed by atoms with E-state index in [4.69, 9.17) is 0 Å². The molecule has 1 fully saturated rings. The fraction of sp³-hybridized carbons (Fsp3) is 0.938. The lowest BCUT2D eigenvalue weighted by Crippen LogP contribution is -2.44. The van der Waals surface area contributed by atoms with E-state index in [2.05, 4.69) is 19.2 Å². The molecule has 1 N–H and O–H groups in total. The van der Waals surface area contributed by atoms with Crippen LogP contribution in [-0.2, 0) is 4.79 Å². The van der Waals surface area contributed by atoms with E-state index in [1.54, 1.807) is 0 Å². The standard InChI is InChI=1S/C16H31NO/c1-3-4-5-6-7-8-9-10-12-15(18)16(2)13-11-14-17-16/h17H,3-14H2,1-2H3. The topological polar surface area (TPSA) is 29.1 Å². The van der Waals surface area contributed by atoms with E-state index in [-0.39, 0.29) is 5.54 Å². The van der Waals surface area contributed by atoms with Crippen molar-refractivity contribution >= 4 is 5.78 Å². The molecule has 0 aromatic rings. The maximum Gasteiger partial charge on any atom is 0.152 e. The highest BCUT2D eigenvalue weighted by Crippen LogP contribution is 2.22. The van der Waals surface area contributed by atoms with Gasteiger partial charge >= 0.3 is 0 Å². The molecule has 1 saturated heterocycles. The van der Waals surface area contributed by atoms with E-state index in [9.17, 15) is 4.79 Å². The highest BCUT2D eigenvalue weighted by atomic mass is 16.1. The van der Waals surface area contributed by atoms with E-state index >= 15 is 0 Å². The predicted octanol–water partition coefficient (Wildman–Crippen LogP) is 4.23. The molecule has 0 saturated carbocycles.